The maximum atomic E-state index is 12.7. The first kappa shape index (κ1) is 15.5. The molecule has 21 heavy (non-hydrogen) atoms. The molecule has 2 rings (SSSR count). The van der Waals surface area contributed by atoms with Gasteiger partial charge >= 0.3 is 0 Å². The van der Waals surface area contributed by atoms with Crippen molar-refractivity contribution < 1.29 is 4.90 Å². The number of fused-ring (bicyclic) bond motifs is 1. The van der Waals surface area contributed by atoms with Crippen molar-refractivity contribution in [2.45, 2.75) is 13.5 Å². The quantitative estimate of drug-likeness (QED) is 0.789. The van der Waals surface area contributed by atoms with Crippen LogP contribution in [-0.2, 0) is 6.54 Å². The average molecular weight is 304 g/mol. The monoisotopic (exact) mass is 303 g/mol. The Kier molecular flexibility index (Phi) is 4.99. The van der Waals surface area contributed by atoms with Crippen molar-refractivity contribution in [1.29, 1.82) is 0 Å². The molecule has 0 fully saturated rings. The van der Waals surface area contributed by atoms with E-state index in [0.717, 1.165) is 29.9 Å². The van der Waals surface area contributed by atoms with E-state index in [1.165, 1.54) is 4.90 Å². The van der Waals surface area contributed by atoms with E-state index in [1.54, 1.807) is 12.1 Å². The number of halogens is 1. The summed E-state index contributed by atoms with van der Waals surface area (Å²) in [5.74, 6) is 0. The second kappa shape index (κ2) is 6.74. The maximum Gasteiger partial charge on any atom is 0.198 e. The predicted molar refractivity (Wildman–Crippen MR) is 89.1 cm³/mol. The Balaban J connectivity index is 2.50. The van der Waals surface area contributed by atoms with Crippen LogP contribution in [0.4, 0.5) is 0 Å². The molecular formula is C17H20ClN2O+. The van der Waals surface area contributed by atoms with E-state index in [1.807, 2.05) is 25.1 Å². The number of aromatic amines is 1. The van der Waals surface area contributed by atoms with Gasteiger partial charge in [-0.15, -0.1) is 0 Å². The summed E-state index contributed by atoms with van der Waals surface area (Å²) < 4.78 is 0. The number of rotatable bonds is 6. The standard InChI is InChI=1S/C17H19ClN2O/c1-4-8-20(9-5-2)11-15-12(3)19-16-7-6-13(18)10-14(16)17(15)21/h4-7,10H,1-2,8-9,11H2,3H3,(H,19,21)/p+1. The third-order valence-corrected chi connectivity index (χ3v) is 3.80. The summed E-state index contributed by atoms with van der Waals surface area (Å²) in [5.41, 5.74) is 2.57. The van der Waals surface area contributed by atoms with Crippen LogP contribution in [0.5, 0.6) is 0 Å². The number of pyridine rings is 1. The van der Waals surface area contributed by atoms with Crippen LogP contribution in [0.25, 0.3) is 10.9 Å². The number of hydrogen-bond acceptors (Lipinski definition) is 1. The molecule has 4 heteroatoms. The molecule has 0 aliphatic rings. The molecule has 0 unspecified atom stereocenters. The highest BCUT2D eigenvalue weighted by Crippen LogP contribution is 2.16. The van der Waals surface area contributed by atoms with Gasteiger partial charge < -0.3 is 9.88 Å². The van der Waals surface area contributed by atoms with Crippen LogP contribution in [0.2, 0.25) is 5.02 Å². The van der Waals surface area contributed by atoms with Gasteiger partial charge in [0, 0.05) is 21.6 Å². The first-order chi connectivity index (χ1) is 10.1. The van der Waals surface area contributed by atoms with Crippen LogP contribution >= 0.6 is 11.6 Å². The SMILES string of the molecule is C=CC[NH+](CC=C)Cc1c(C)[nH]c2ccc(Cl)cc2c1=O. The molecule has 2 N–H and O–H groups in total. The van der Waals surface area contributed by atoms with E-state index in [4.69, 9.17) is 11.6 Å². The summed E-state index contributed by atoms with van der Waals surface area (Å²) in [5, 5.41) is 1.21. The molecule has 0 bridgehead atoms. The molecule has 0 amide bonds. The summed E-state index contributed by atoms with van der Waals surface area (Å²) in [6, 6.07) is 5.35. The lowest BCUT2D eigenvalue weighted by atomic mass is 10.1. The molecule has 0 spiro atoms. The van der Waals surface area contributed by atoms with E-state index >= 15 is 0 Å². The fourth-order valence-electron chi connectivity index (χ4n) is 2.52. The van der Waals surface area contributed by atoms with Gasteiger partial charge in [-0.1, -0.05) is 24.8 Å². The predicted octanol–water partition coefficient (Wildman–Crippen LogP) is 2.25. The maximum absolute atomic E-state index is 12.7. The summed E-state index contributed by atoms with van der Waals surface area (Å²) in [6.45, 7) is 11.7. The van der Waals surface area contributed by atoms with Crippen molar-refractivity contribution in [2.75, 3.05) is 13.1 Å². The molecule has 0 saturated heterocycles. The zero-order chi connectivity index (χ0) is 15.4. The van der Waals surface area contributed by atoms with E-state index in [2.05, 4.69) is 18.1 Å². The lowest BCUT2D eigenvalue weighted by molar-refractivity contribution is -0.902. The Labute approximate surface area is 129 Å². The molecule has 3 nitrogen and oxygen atoms in total. The van der Waals surface area contributed by atoms with E-state index < -0.39 is 0 Å². The van der Waals surface area contributed by atoms with E-state index in [-0.39, 0.29) is 5.43 Å². The van der Waals surface area contributed by atoms with Gasteiger partial charge in [-0.3, -0.25) is 4.79 Å². The van der Waals surface area contributed by atoms with Crippen molar-refractivity contribution in [3.05, 3.63) is 70.0 Å². The van der Waals surface area contributed by atoms with E-state index in [0.29, 0.717) is 17.0 Å². The smallest absolute Gasteiger partial charge is 0.198 e. The van der Waals surface area contributed by atoms with Crippen LogP contribution in [-0.4, -0.2) is 18.1 Å². The lowest BCUT2D eigenvalue weighted by Gasteiger charge is -2.17. The normalized spacial score (nSPS) is 11.0. The summed E-state index contributed by atoms with van der Waals surface area (Å²) in [4.78, 5) is 17.2. The van der Waals surface area contributed by atoms with Gasteiger partial charge in [0.25, 0.3) is 0 Å². The Morgan fingerprint density at radius 3 is 2.57 bits per heavy atom. The number of aryl methyl sites for hydroxylation is 1. The fraction of sp³-hybridized carbons (Fsp3) is 0.235. The molecule has 1 aromatic heterocycles. The largest absolute Gasteiger partial charge is 0.358 e. The van der Waals surface area contributed by atoms with Crippen LogP contribution < -0.4 is 10.3 Å². The number of H-pyrrole nitrogens is 1. The molecule has 0 radical (unpaired) electrons. The minimum Gasteiger partial charge on any atom is -0.358 e. The molecular weight excluding hydrogens is 284 g/mol. The van der Waals surface area contributed by atoms with Gasteiger partial charge in [-0.2, -0.15) is 0 Å². The molecule has 2 aromatic rings. The van der Waals surface area contributed by atoms with Gasteiger partial charge in [0.2, 0.25) is 0 Å². The number of aromatic nitrogens is 1. The van der Waals surface area contributed by atoms with Crippen LogP contribution in [0.1, 0.15) is 11.3 Å². The molecule has 0 saturated carbocycles. The highest BCUT2D eigenvalue weighted by Gasteiger charge is 2.15. The summed E-state index contributed by atoms with van der Waals surface area (Å²) in [7, 11) is 0. The molecule has 110 valence electrons. The average Bonchev–Trinajstić information content (AvgIpc) is 2.45. The second-order valence-corrected chi connectivity index (χ2v) is 5.60. The van der Waals surface area contributed by atoms with Gasteiger partial charge in [-0.25, -0.2) is 0 Å². The zero-order valence-electron chi connectivity index (χ0n) is 12.2. The van der Waals surface area contributed by atoms with Gasteiger partial charge in [0.15, 0.2) is 5.43 Å². The third kappa shape index (κ3) is 3.43. The van der Waals surface area contributed by atoms with Crippen molar-refractivity contribution in [2.24, 2.45) is 0 Å². The molecule has 0 aliphatic carbocycles. The van der Waals surface area contributed by atoms with Crippen molar-refractivity contribution in [1.82, 2.24) is 4.98 Å². The Bertz CT molecular complexity index is 723. The van der Waals surface area contributed by atoms with Crippen molar-refractivity contribution in [3.63, 3.8) is 0 Å². The number of hydrogen-bond donors (Lipinski definition) is 2. The summed E-state index contributed by atoms with van der Waals surface area (Å²) in [6.07, 6.45) is 3.72. The molecule has 1 heterocycles. The van der Waals surface area contributed by atoms with Gasteiger partial charge in [-0.05, 0) is 37.3 Å². The first-order valence-corrected chi connectivity index (χ1v) is 7.31. The number of quaternary nitrogens is 1. The minimum absolute atomic E-state index is 0.0503. The fourth-order valence-corrected chi connectivity index (χ4v) is 2.69. The molecule has 0 aliphatic heterocycles. The molecule has 1 aromatic carbocycles. The van der Waals surface area contributed by atoms with Crippen molar-refractivity contribution in [3.8, 4) is 0 Å². The van der Waals surface area contributed by atoms with Crippen LogP contribution in [0.3, 0.4) is 0 Å². The first-order valence-electron chi connectivity index (χ1n) is 6.93. The second-order valence-electron chi connectivity index (χ2n) is 5.16. The summed E-state index contributed by atoms with van der Waals surface area (Å²) >= 11 is 6.00. The van der Waals surface area contributed by atoms with Gasteiger partial charge in [0.05, 0.1) is 18.7 Å². The van der Waals surface area contributed by atoms with Gasteiger partial charge in [0.1, 0.15) is 6.54 Å². The van der Waals surface area contributed by atoms with Crippen LogP contribution in [0, 0.1) is 6.92 Å². The highest BCUT2D eigenvalue weighted by atomic mass is 35.5. The minimum atomic E-state index is 0.0503. The van der Waals surface area contributed by atoms with Crippen molar-refractivity contribution >= 4 is 22.5 Å². The molecule has 0 atom stereocenters. The Morgan fingerprint density at radius 1 is 1.29 bits per heavy atom. The number of benzene rings is 1. The topological polar surface area (TPSA) is 37.3 Å². The lowest BCUT2D eigenvalue weighted by Crippen LogP contribution is -3.10. The Morgan fingerprint density at radius 2 is 1.95 bits per heavy atom. The van der Waals surface area contributed by atoms with Crippen LogP contribution in [0.15, 0.2) is 48.3 Å². The third-order valence-electron chi connectivity index (χ3n) is 3.57. The number of nitrogens with one attached hydrogen (secondary N) is 2. The highest BCUT2D eigenvalue weighted by molar-refractivity contribution is 6.31. The van der Waals surface area contributed by atoms with E-state index in [9.17, 15) is 4.79 Å². The zero-order valence-corrected chi connectivity index (χ0v) is 13.0. The Hall–Kier alpha value is -1.84.